The Morgan fingerprint density at radius 3 is 2.52 bits per heavy atom. The van der Waals surface area contributed by atoms with Gasteiger partial charge in [-0.15, -0.1) is 0 Å². The van der Waals surface area contributed by atoms with E-state index in [1.54, 1.807) is 35.2 Å². The lowest BCUT2D eigenvalue weighted by Gasteiger charge is -2.13. The largest absolute Gasteiger partial charge is 0.469 e. The fourth-order valence-electron chi connectivity index (χ4n) is 3.66. The Morgan fingerprint density at radius 1 is 1.00 bits per heavy atom. The van der Waals surface area contributed by atoms with E-state index < -0.39 is 0 Å². The Morgan fingerprint density at radius 2 is 1.81 bits per heavy atom. The number of hydrogen-bond donors (Lipinski definition) is 1. The van der Waals surface area contributed by atoms with Gasteiger partial charge in [0.15, 0.2) is 5.82 Å². The Bertz CT molecular complexity index is 1390. The van der Waals surface area contributed by atoms with Crippen molar-refractivity contribution >= 4 is 0 Å². The number of benzene rings is 2. The molecule has 1 N–H and O–H groups in total. The summed E-state index contributed by atoms with van der Waals surface area (Å²) in [5, 5.41) is 9.07. The predicted molar refractivity (Wildman–Crippen MR) is 116 cm³/mol. The molecule has 0 fully saturated rings. The van der Waals surface area contributed by atoms with Crippen LogP contribution in [-0.2, 0) is 12.8 Å². The van der Waals surface area contributed by atoms with Gasteiger partial charge in [0.25, 0.3) is 5.56 Å². The molecule has 0 unspecified atom stereocenters. The van der Waals surface area contributed by atoms with Crippen LogP contribution in [0, 0.1) is 11.3 Å². The second-order valence-corrected chi connectivity index (χ2v) is 7.31. The topological polar surface area (TPSA) is 87.6 Å². The molecule has 0 saturated heterocycles. The summed E-state index contributed by atoms with van der Waals surface area (Å²) in [6.07, 6.45) is 4.30. The number of H-pyrrole nitrogens is 1. The maximum absolute atomic E-state index is 13.1. The fraction of sp³-hybridized carbons (Fsp3) is 0.0800. The molecule has 2 aliphatic rings. The van der Waals surface area contributed by atoms with Crippen molar-refractivity contribution in [1.29, 1.82) is 5.26 Å². The molecule has 0 saturated carbocycles. The van der Waals surface area contributed by atoms with E-state index in [-0.39, 0.29) is 5.56 Å². The molecular formula is C25H18N4O2. The number of hydrogen-bond acceptors (Lipinski definition) is 4. The third-order valence-corrected chi connectivity index (χ3v) is 5.22. The molecule has 31 heavy (non-hydrogen) atoms. The fourth-order valence-corrected chi connectivity index (χ4v) is 3.66. The maximum Gasteiger partial charge on any atom is 0.278 e. The van der Waals surface area contributed by atoms with Gasteiger partial charge < -0.3 is 9.40 Å². The molecule has 6 nitrogen and oxygen atoms in total. The number of aromatic nitrogens is 3. The summed E-state index contributed by atoms with van der Waals surface area (Å²) in [6, 6.07) is 23.1. The van der Waals surface area contributed by atoms with Gasteiger partial charge in [0, 0.05) is 12.6 Å². The van der Waals surface area contributed by atoms with Crippen LogP contribution in [0.3, 0.4) is 0 Å². The minimum absolute atomic E-state index is 0.162. The van der Waals surface area contributed by atoms with Gasteiger partial charge in [0.1, 0.15) is 11.5 Å². The Balaban J connectivity index is 1.65. The zero-order valence-electron chi connectivity index (χ0n) is 16.6. The summed E-state index contributed by atoms with van der Waals surface area (Å²) in [4.78, 5) is 21.3. The van der Waals surface area contributed by atoms with Crippen LogP contribution in [0.15, 0.2) is 88.4 Å². The highest BCUT2D eigenvalue weighted by atomic mass is 16.3. The van der Waals surface area contributed by atoms with Gasteiger partial charge in [-0.25, -0.2) is 4.98 Å². The van der Waals surface area contributed by atoms with Gasteiger partial charge in [-0.2, -0.15) is 5.26 Å². The number of aromatic amines is 1. The highest BCUT2D eigenvalue weighted by Gasteiger charge is 2.21. The quantitative estimate of drug-likeness (QED) is 0.471. The highest BCUT2D eigenvalue weighted by molar-refractivity contribution is 5.61. The average molecular weight is 406 g/mol. The first-order chi connectivity index (χ1) is 15.2. The zero-order valence-corrected chi connectivity index (χ0v) is 16.6. The highest BCUT2D eigenvalue weighted by Crippen LogP contribution is 2.24. The molecule has 0 radical (unpaired) electrons. The molecule has 0 aliphatic carbocycles. The molecular weight excluding hydrogens is 388 g/mol. The number of imidazole rings is 1. The molecule has 3 aromatic rings. The Labute approximate surface area is 178 Å². The van der Waals surface area contributed by atoms with Crippen LogP contribution in [-0.4, -0.2) is 14.5 Å². The van der Waals surface area contributed by atoms with Crippen molar-refractivity contribution in [3.05, 3.63) is 118 Å². The van der Waals surface area contributed by atoms with Crippen LogP contribution in [0.25, 0.3) is 17.1 Å². The van der Waals surface area contributed by atoms with Crippen LogP contribution >= 0.6 is 0 Å². The van der Waals surface area contributed by atoms with Gasteiger partial charge in [-0.05, 0) is 35.4 Å². The molecule has 0 amide bonds. The van der Waals surface area contributed by atoms with Gasteiger partial charge in [-0.3, -0.25) is 9.36 Å². The minimum atomic E-state index is -0.162. The monoisotopic (exact) mass is 406 g/mol. The second kappa shape index (κ2) is 7.81. The molecule has 1 aromatic heterocycles. The summed E-state index contributed by atoms with van der Waals surface area (Å²) in [6.45, 7) is 0. The molecule has 2 aromatic carbocycles. The number of furan rings is 1. The lowest BCUT2D eigenvalue weighted by molar-refractivity contribution is 0.519. The summed E-state index contributed by atoms with van der Waals surface area (Å²) < 4.78 is 7.00. The van der Waals surface area contributed by atoms with Crippen LogP contribution in [0.4, 0.5) is 0 Å². The van der Waals surface area contributed by atoms with E-state index in [2.05, 4.69) is 16.0 Å². The average Bonchev–Trinajstić information content (AvgIpc) is 3.43. The number of nitrogens with zero attached hydrogens (tertiary/aromatic N) is 3. The molecule has 0 bridgehead atoms. The summed E-state index contributed by atoms with van der Waals surface area (Å²) in [7, 11) is 0. The van der Waals surface area contributed by atoms with E-state index in [1.807, 2.05) is 48.5 Å². The zero-order chi connectivity index (χ0) is 21.2. The maximum atomic E-state index is 13.1. The molecule has 3 heterocycles. The lowest BCUT2D eigenvalue weighted by Crippen LogP contribution is -2.17. The molecule has 150 valence electrons. The normalized spacial score (nSPS) is 10.9. The van der Waals surface area contributed by atoms with Crippen molar-refractivity contribution in [2.45, 2.75) is 12.8 Å². The standard InChI is InChI=1S/C25H18N4O2/c26-15-18-8-10-19(11-9-18)23-16-29-24(21(27-23)13-17-5-2-1-3-6-17)28-22(25(29)30)14-20-7-4-12-31-20/h1-12,16,27H,13-14H2. The second-order valence-electron chi connectivity index (χ2n) is 7.31. The Kier molecular flexibility index (Phi) is 4.70. The van der Waals surface area contributed by atoms with Crippen LogP contribution < -0.4 is 5.56 Å². The SMILES string of the molecule is N#Cc1ccc(-c2cn3c(=O)c(Cc4ccco4)nc-3c(Cc3ccccc3)[nH]2)cc1. The molecule has 0 atom stereocenters. The molecule has 2 aliphatic heterocycles. The van der Waals surface area contributed by atoms with Gasteiger partial charge in [-0.1, -0.05) is 42.5 Å². The van der Waals surface area contributed by atoms with Crippen molar-refractivity contribution in [2.24, 2.45) is 0 Å². The van der Waals surface area contributed by atoms with Gasteiger partial charge in [0.05, 0.1) is 35.7 Å². The van der Waals surface area contributed by atoms with Crippen LogP contribution in [0.5, 0.6) is 0 Å². The lowest BCUT2D eigenvalue weighted by atomic mass is 10.1. The van der Waals surface area contributed by atoms with Crippen LogP contribution in [0.1, 0.15) is 28.3 Å². The first-order valence-corrected chi connectivity index (χ1v) is 9.91. The predicted octanol–water partition coefficient (Wildman–Crippen LogP) is 4.31. The van der Waals surface area contributed by atoms with Crippen molar-refractivity contribution < 1.29 is 4.42 Å². The van der Waals surface area contributed by atoms with Crippen molar-refractivity contribution in [1.82, 2.24) is 14.5 Å². The third kappa shape index (κ3) is 3.65. The smallest absolute Gasteiger partial charge is 0.278 e. The third-order valence-electron chi connectivity index (χ3n) is 5.22. The van der Waals surface area contributed by atoms with Crippen molar-refractivity contribution in [2.75, 3.05) is 0 Å². The van der Waals surface area contributed by atoms with E-state index in [0.717, 1.165) is 22.5 Å². The first-order valence-electron chi connectivity index (χ1n) is 9.91. The number of nitriles is 1. The summed E-state index contributed by atoms with van der Waals surface area (Å²) >= 11 is 0. The number of nitrogens with one attached hydrogen (secondary N) is 1. The molecule has 6 heteroatoms. The van der Waals surface area contributed by atoms with Crippen LogP contribution in [0.2, 0.25) is 0 Å². The summed E-state index contributed by atoms with van der Waals surface area (Å²) in [5.74, 6) is 1.30. The first kappa shape index (κ1) is 18.6. The van der Waals surface area contributed by atoms with E-state index in [9.17, 15) is 4.79 Å². The van der Waals surface area contributed by atoms with Gasteiger partial charge in [0.2, 0.25) is 0 Å². The van der Waals surface area contributed by atoms with E-state index >= 15 is 0 Å². The van der Waals surface area contributed by atoms with Crippen molar-refractivity contribution in [3.63, 3.8) is 0 Å². The number of fused-ring (bicyclic) bond motifs is 1. The van der Waals surface area contributed by atoms with E-state index in [1.165, 1.54) is 0 Å². The minimum Gasteiger partial charge on any atom is -0.469 e. The number of rotatable bonds is 5. The molecule has 5 rings (SSSR count). The Hall–Kier alpha value is -4.37. The van der Waals surface area contributed by atoms with Crippen molar-refractivity contribution in [3.8, 4) is 23.1 Å². The van der Waals surface area contributed by atoms with E-state index in [4.69, 9.17) is 9.68 Å². The van der Waals surface area contributed by atoms with E-state index in [0.29, 0.717) is 35.7 Å². The molecule has 0 spiro atoms. The van der Waals surface area contributed by atoms with Gasteiger partial charge >= 0.3 is 0 Å². The summed E-state index contributed by atoms with van der Waals surface area (Å²) in [5.41, 5.74) is 4.48.